The van der Waals surface area contributed by atoms with E-state index in [1.165, 1.54) is 16.7 Å². The summed E-state index contributed by atoms with van der Waals surface area (Å²) in [5, 5.41) is 13.5. The van der Waals surface area contributed by atoms with Crippen LogP contribution in [0.1, 0.15) is 36.1 Å². The maximum Gasteiger partial charge on any atom is 0.119 e. The molecular weight excluding hydrogens is 322 g/mol. The lowest BCUT2D eigenvalue weighted by molar-refractivity contribution is 0.103. The number of nitrogens with one attached hydrogen (secondary N) is 1. The summed E-state index contributed by atoms with van der Waals surface area (Å²) < 4.78 is 5.62. The third kappa shape index (κ3) is 6.52. The number of aliphatic hydroxyl groups is 1. The van der Waals surface area contributed by atoms with Crippen molar-refractivity contribution in [2.45, 2.75) is 39.3 Å². The molecule has 2 unspecified atom stereocenters. The molecule has 132 valence electrons. The molecule has 2 N–H and O–H groups in total. The van der Waals surface area contributed by atoms with Gasteiger partial charge in [-0.2, -0.15) is 0 Å². The van der Waals surface area contributed by atoms with Crippen LogP contribution in [0.25, 0.3) is 0 Å². The Morgan fingerprint density at radius 2 is 1.50 bits per heavy atom. The summed E-state index contributed by atoms with van der Waals surface area (Å²) in [5.74, 6) is 0.792. The average molecular weight is 350 g/mol. The van der Waals surface area contributed by atoms with Crippen molar-refractivity contribution in [3.63, 3.8) is 0 Å². The highest BCUT2D eigenvalue weighted by molar-refractivity contribution is 5.85. The van der Waals surface area contributed by atoms with Crippen LogP contribution in [-0.2, 0) is 0 Å². The molecule has 2 rings (SSSR count). The molecule has 0 radical (unpaired) electrons. The van der Waals surface area contributed by atoms with Crippen molar-refractivity contribution in [2.75, 3.05) is 13.2 Å². The van der Waals surface area contributed by atoms with Gasteiger partial charge in [-0.15, -0.1) is 12.4 Å². The molecule has 0 aliphatic rings. The van der Waals surface area contributed by atoms with E-state index in [-0.39, 0.29) is 18.4 Å². The first-order valence-corrected chi connectivity index (χ1v) is 8.26. The Morgan fingerprint density at radius 1 is 0.958 bits per heavy atom. The predicted molar refractivity (Wildman–Crippen MR) is 102 cm³/mol. The first-order chi connectivity index (χ1) is 11.1. The normalized spacial score (nSPS) is 13.0. The largest absolute Gasteiger partial charge is 0.491 e. The van der Waals surface area contributed by atoms with Crippen LogP contribution < -0.4 is 10.1 Å². The number of benzene rings is 2. The van der Waals surface area contributed by atoms with E-state index in [4.69, 9.17) is 4.74 Å². The van der Waals surface area contributed by atoms with Gasteiger partial charge >= 0.3 is 0 Å². The summed E-state index contributed by atoms with van der Waals surface area (Å²) in [6, 6.07) is 16.6. The van der Waals surface area contributed by atoms with Crippen LogP contribution in [0.2, 0.25) is 0 Å². The van der Waals surface area contributed by atoms with E-state index in [9.17, 15) is 5.11 Å². The van der Waals surface area contributed by atoms with E-state index in [0.29, 0.717) is 13.2 Å². The lowest BCUT2D eigenvalue weighted by Crippen LogP contribution is -2.33. The molecule has 0 saturated heterocycles. The van der Waals surface area contributed by atoms with Gasteiger partial charge in [-0.05, 0) is 38.0 Å². The van der Waals surface area contributed by atoms with Crippen LogP contribution >= 0.6 is 12.4 Å². The third-order valence-corrected chi connectivity index (χ3v) is 3.95. The zero-order valence-electron chi connectivity index (χ0n) is 14.7. The highest BCUT2D eigenvalue weighted by Crippen LogP contribution is 2.17. The molecule has 0 fully saturated rings. The molecule has 2 atom stereocenters. The molecule has 0 bridgehead atoms. The van der Waals surface area contributed by atoms with Gasteiger partial charge in [-0.25, -0.2) is 0 Å². The fourth-order valence-corrected chi connectivity index (χ4v) is 2.46. The maximum atomic E-state index is 10.1. The Hall–Kier alpha value is -1.55. The summed E-state index contributed by atoms with van der Waals surface area (Å²) in [7, 11) is 0. The SMILES string of the molecule is CCC(NCC(O)COc1ccc(C)cc1)c1ccc(C)cc1.Cl. The van der Waals surface area contributed by atoms with Gasteiger partial charge in [0, 0.05) is 12.6 Å². The van der Waals surface area contributed by atoms with E-state index in [1.54, 1.807) is 0 Å². The van der Waals surface area contributed by atoms with E-state index < -0.39 is 6.10 Å². The molecular formula is C20H28ClNO2. The van der Waals surface area contributed by atoms with Crippen LogP contribution in [0.15, 0.2) is 48.5 Å². The molecule has 0 spiro atoms. The van der Waals surface area contributed by atoms with E-state index in [1.807, 2.05) is 31.2 Å². The highest BCUT2D eigenvalue weighted by atomic mass is 35.5. The van der Waals surface area contributed by atoms with Gasteiger partial charge in [-0.3, -0.25) is 0 Å². The topological polar surface area (TPSA) is 41.5 Å². The smallest absolute Gasteiger partial charge is 0.119 e. The Balaban J connectivity index is 0.00000288. The second-order valence-corrected chi connectivity index (χ2v) is 6.06. The Labute approximate surface area is 151 Å². The molecule has 2 aromatic rings. The van der Waals surface area contributed by atoms with Gasteiger partial charge < -0.3 is 15.2 Å². The standard InChI is InChI=1S/C20H27NO2.ClH/c1-4-20(17-9-5-15(2)6-10-17)21-13-18(22)14-23-19-11-7-16(3)8-12-19;/h5-12,18,20-22H,4,13-14H2,1-3H3;1H. The van der Waals surface area contributed by atoms with Gasteiger partial charge in [-0.1, -0.05) is 54.4 Å². The molecule has 0 aliphatic carbocycles. The van der Waals surface area contributed by atoms with Crippen molar-refractivity contribution in [2.24, 2.45) is 0 Å². The molecule has 0 saturated carbocycles. The molecule has 0 aliphatic heterocycles. The van der Waals surface area contributed by atoms with Crippen LogP contribution in [0, 0.1) is 13.8 Å². The third-order valence-electron chi connectivity index (χ3n) is 3.95. The first-order valence-electron chi connectivity index (χ1n) is 8.26. The van der Waals surface area contributed by atoms with Crippen LogP contribution in [-0.4, -0.2) is 24.4 Å². The number of halogens is 1. The van der Waals surface area contributed by atoms with E-state index in [0.717, 1.165) is 12.2 Å². The minimum atomic E-state index is -0.532. The number of rotatable bonds is 8. The van der Waals surface area contributed by atoms with Crippen molar-refractivity contribution < 1.29 is 9.84 Å². The first kappa shape index (κ1) is 20.5. The lowest BCUT2D eigenvalue weighted by Gasteiger charge is -2.20. The fraction of sp³-hybridized carbons (Fsp3) is 0.400. The van der Waals surface area contributed by atoms with Crippen LogP contribution in [0.4, 0.5) is 0 Å². The quantitative estimate of drug-likeness (QED) is 0.750. The second-order valence-electron chi connectivity index (χ2n) is 6.06. The molecule has 3 nitrogen and oxygen atoms in total. The summed E-state index contributed by atoms with van der Waals surface area (Å²) in [4.78, 5) is 0. The Morgan fingerprint density at radius 3 is 2.04 bits per heavy atom. The van der Waals surface area contributed by atoms with Crippen molar-refractivity contribution in [3.8, 4) is 5.75 Å². The number of aliphatic hydroxyl groups excluding tert-OH is 1. The molecule has 4 heteroatoms. The van der Waals surface area contributed by atoms with Gasteiger partial charge in [0.25, 0.3) is 0 Å². The van der Waals surface area contributed by atoms with Gasteiger partial charge in [0.2, 0.25) is 0 Å². The predicted octanol–water partition coefficient (Wildman–Crippen LogP) is 4.21. The van der Waals surface area contributed by atoms with Crippen molar-refractivity contribution in [1.82, 2.24) is 5.32 Å². The number of hydrogen-bond acceptors (Lipinski definition) is 3. The molecule has 24 heavy (non-hydrogen) atoms. The minimum Gasteiger partial charge on any atom is -0.491 e. The van der Waals surface area contributed by atoms with E-state index in [2.05, 4.69) is 43.4 Å². The van der Waals surface area contributed by atoms with Gasteiger partial charge in [0.15, 0.2) is 0 Å². The lowest BCUT2D eigenvalue weighted by atomic mass is 10.0. The number of ether oxygens (including phenoxy) is 1. The highest BCUT2D eigenvalue weighted by Gasteiger charge is 2.12. The Bertz CT molecular complexity index is 584. The van der Waals surface area contributed by atoms with Crippen LogP contribution in [0.3, 0.4) is 0 Å². The van der Waals surface area contributed by atoms with Crippen molar-refractivity contribution in [3.05, 3.63) is 65.2 Å². The average Bonchev–Trinajstić information content (AvgIpc) is 2.56. The Kier molecular flexibility index (Phi) is 8.83. The zero-order chi connectivity index (χ0) is 16.7. The van der Waals surface area contributed by atoms with Crippen molar-refractivity contribution >= 4 is 12.4 Å². The molecule has 0 amide bonds. The summed E-state index contributed by atoms with van der Waals surface area (Å²) in [6.07, 6.45) is 0.449. The minimum absolute atomic E-state index is 0. The van der Waals surface area contributed by atoms with Crippen molar-refractivity contribution in [1.29, 1.82) is 0 Å². The maximum absolute atomic E-state index is 10.1. The molecule has 0 heterocycles. The molecule has 0 aromatic heterocycles. The van der Waals surface area contributed by atoms with E-state index >= 15 is 0 Å². The molecule has 2 aromatic carbocycles. The summed E-state index contributed by atoms with van der Waals surface area (Å²) in [6.45, 7) is 7.08. The van der Waals surface area contributed by atoms with Gasteiger partial charge in [0.1, 0.15) is 18.5 Å². The number of aryl methyl sites for hydroxylation is 2. The summed E-state index contributed by atoms with van der Waals surface area (Å²) in [5.41, 5.74) is 3.71. The zero-order valence-corrected chi connectivity index (χ0v) is 15.5. The number of hydrogen-bond donors (Lipinski definition) is 2. The monoisotopic (exact) mass is 349 g/mol. The summed E-state index contributed by atoms with van der Waals surface area (Å²) >= 11 is 0. The van der Waals surface area contributed by atoms with Gasteiger partial charge in [0.05, 0.1) is 0 Å². The second kappa shape index (κ2) is 10.3. The van der Waals surface area contributed by atoms with Crippen LogP contribution in [0.5, 0.6) is 5.75 Å². The fourth-order valence-electron chi connectivity index (χ4n) is 2.46.